The number of carbonyl (C=O) groups excluding carboxylic acids is 1. The van der Waals surface area contributed by atoms with Gasteiger partial charge in [-0.25, -0.2) is 4.79 Å². The Bertz CT molecular complexity index is 947. The fourth-order valence-electron chi connectivity index (χ4n) is 6.90. The molecular formula is C31H48O5. The molecule has 202 valence electrons. The third-order valence-corrected chi connectivity index (χ3v) is 8.19. The lowest BCUT2D eigenvalue weighted by molar-refractivity contribution is -0.229. The Kier molecular flexibility index (Phi) is 8.49. The van der Waals surface area contributed by atoms with Crippen LogP contribution >= 0.6 is 0 Å². The van der Waals surface area contributed by atoms with Crippen LogP contribution in [0.4, 0.5) is 0 Å². The summed E-state index contributed by atoms with van der Waals surface area (Å²) in [6.07, 6.45) is 12.2. The lowest BCUT2D eigenvalue weighted by Crippen LogP contribution is -2.44. The monoisotopic (exact) mass is 500 g/mol. The van der Waals surface area contributed by atoms with Crippen molar-refractivity contribution in [3.63, 3.8) is 0 Å². The average Bonchev–Trinajstić information content (AvgIpc) is 3.08. The summed E-state index contributed by atoms with van der Waals surface area (Å²) < 4.78 is 11.3. The standard InChI is InChI=1S/C31H48O5/c1-9-24-14-15-25-22(11-10-16-30(24,25)8)12-13-23-17-31(34,18-26(32)21(23)2)35-19-27(33)36-29(6,7)20-28(3,4)5/h12-14,25-26,32,34H,2,9-11,15-20H2,1,3-8H3/t25-,26?,30+,31-/m0/s1. The zero-order chi connectivity index (χ0) is 26.9. The van der Waals surface area contributed by atoms with Crippen molar-refractivity contribution in [3.8, 4) is 0 Å². The van der Waals surface area contributed by atoms with E-state index < -0.39 is 23.5 Å². The Balaban J connectivity index is 1.68. The minimum atomic E-state index is -1.65. The van der Waals surface area contributed by atoms with Crippen LogP contribution in [-0.2, 0) is 14.3 Å². The number of hydrogen-bond acceptors (Lipinski definition) is 5. The lowest BCUT2D eigenvalue weighted by Gasteiger charge is -2.41. The van der Waals surface area contributed by atoms with Gasteiger partial charge in [-0.2, -0.15) is 0 Å². The van der Waals surface area contributed by atoms with Crippen LogP contribution in [0.5, 0.6) is 0 Å². The summed E-state index contributed by atoms with van der Waals surface area (Å²) in [7, 11) is 0. The zero-order valence-corrected chi connectivity index (χ0v) is 23.6. The van der Waals surface area contributed by atoms with E-state index in [9.17, 15) is 15.0 Å². The molecule has 4 atom stereocenters. The number of carbonyl (C=O) groups is 1. The van der Waals surface area contributed by atoms with Gasteiger partial charge in [0.2, 0.25) is 0 Å². The van der Waals surface area contributed by atoms with Crippen LogP contribution in [0.2, 0.25) is 0 Å². The molecule has 0 spiro atoms. The van der Waals surface area contributed by atoms with Crippen molar-refractivity contribution in [2.75, 3.05) is 6.61 Å². The largest absolute Gasteiger partial charge is 0.458 e. The maximum absolute atomic E-state index is 12.5. The number of esters is 1. The van der Waals surface area contributed by atoms with Gasteiger partial charge in [0, 0.05) is 12.8 Å². The molecule has 3 aliphatic carbocycles. The molecule has 2 fully saturated rings. The highest BCUT2D eigenvalue weighted by Crippen LogP contribution is 2.55. The van der Waals surface area contributed by atoms with E-state index >= 15 is 0 Å². The van der Waals surface area contributed by atoms with Crippen LogP contribution < -0.4 is 0 Å². The molecule has 3 aliphatic rings. The van der Waals surface area contributed by atoms with Crippen molar-refractivity contribution in [2.24, 2.45) is 16.7 Å². The van der Waals surface area contributed by atoms with Gasteiger partial charge in [0.1, 0.15) is 12.2 Å². The number of hydrogen-bond donors (Lipinski definition) is 2. The Morgan fingerprint density at radius 3 is 2.58 bits per heavy atom. The summed E-state index contributed by atoms with van der Waals surface area (Å²) >= 11 is 0. The predicted octanol–water partition coefficient (Wildman–Crippen LogP) is 6.56. The summed E-state index contributed by atoms with van der Waals surface area (Å²) in [6, 6.07) is 0. The normalized spacial score (nSPS) is 33.6. The highest BCUT2D eigenvalue weighted by Gasteiger charge is 2.44. The summed E-state index contributed by atoms with van der Waals surface area (Å²) in [5.74, 6) is -1.66. The van der Waals surface area contributed by atoms with Gasteiger partial charge in [-0.15, -0.1) is 0 Å². The van der Waals surface area contributed by atoms with Gasteiger partial charge in [-0.3, -0.25) is 0 Å². The topological polar surface area (TPSA) is 76.0 Å². The van der Waals surface area contributed by atoms with Gasteiger partial charge >= 0.3 is 5.97 Å². The minimum absolute atomic E-state index is 0.00727. The molecule has 5 nitrogen and oxygen atoms in total. The molecule has 0 aromatic rings. The molecule has 0 heterocycles. The van der Waals surface area contributed by atoms with E-state index in [0.717, 1.165) is 24.8 Å². The average molecular weight is 501 g/mol. The Morgan fingerprint density at radius 2 is 1.94 bits per heavy atom. The molecule has 0 amide bonds. The zero-order valence-electron chi connectivity index (χ0n) is 23.6. The summed E-state index contributed by atoms with van der Waals surface area (Å²) in [5, 5.41) is 21.8. The first-order valence-corrected chi connectivity index (χ1v) is 13.6. The first-order valence-electron chi connectivity index (χ1n) is 13.6. The number of fused-ring (bicyclic) bond motifs is 1. The quantitative estimate of drug-likeness (QED) is 0.235. The van der Waals surface area contributed by atoms with Gasteiger partial charge in [-0.05, 0) is 80.3 Å². The number of ether oxygens (including phenoxy) is 2. The minimum Gasteiger partial charge on any atom is -0.458 e. The fourth-order valence-corrected chi connectivity index (χ4v) is 6.90. The first-order chi connectivity index (χ1) is 16.6. The number of aliphatic hydroxyl groups excluding tert-OH is 1. The van der Waals surface area contributed by atoms with Crippen molar-refractivity contribution >= 4 is 5.97 Å². The van der Waals surface area contributed by atoms with Gasteiger partial charge < -0.3 is 19.7 Å². The number of rotatable bonds is 7. The molecule has 0 aliphatic heterocycles. The van der Waals surface area contributed by atoms with E-state index in [-0.39, 0.29) is 30.3 Å². The van der Waals surface area contributed by atoms with E-state index in [1.165, 1.54) is 18.4 Å². The van der Waals surface area contributed by atoms with E-state index in [0.29, 0.717) is 17.9 Å². The molecule has 2 saturated carbocycles. The Morgan fingerprint density at radius 1 is 1.25 bits per heavy atom. The second kappa shape index (κ2) is 10.6. The summed E-state index contributed by atoms with van der Waals surface area (Å²) in [5.41, 5.74) is 3.98. The third kappa shape index (κ3) is 6.79. The van der Waals surface area contributed by atoms with E-state index in [1.54, 1.807) is 5.57 Å². The SMILES string of the molecule is C=C1C(=CC=C2CCC[C@]3(C)C(CC)=CC[C@@H]23)C[C@](O)(OCC(=O)OC(C)(C)CC(C)(C)C)CC1O. The highest BCUT2D eigenvalue weighted by atomic mass is 16.6. The van der Waals surface area contributed by atoms with Gasteiger partial charge in [0.25, 0.3) is 0 Å². The van der Waals surface area contributed by atoms with Crippen LogP contribution in [0, 0.1) is 16.7 Å². The van der Waals surface area contributed by atoms with Crippen molar-refractivity contribution in [1.29, 1.82) is 0 Å². The first kappa shape index (κ1) is 28.9. The molecule has 0 saturated heterocycles. The van der Waals surface area contributed by atoms with E-state index in [2.05, 4.69) is 53.3 Å². The van der Waals surface area contributed by atoms with Crippen molar-refractivity contribution in [2.45, 2.75) is 117 Å². The highest BCUT2D eigenvalue weighted by molar-refractivity contribution is 5.71. The molecule has 3 rings (SSSR count). The van der Waals surface area contributed by atoms with Crippen molar-refractivity contribution < 1.29 is 24.5 Å². The Labute approximate surface area is 218 Å². The molecule has 36 heavy (non-hydrogen) atoms. The van der Waals surface area contributed by atoms with Crippen molar-refractivity contribution in [1.82, 2.24) is 0 Å². The molecule has 2 N–H and O–H groups in total. The molecule has 0 aromatic heterocycles. The molecular weight excluding hydrogens is 452 g/mol. The van der Waals surface area contributed by atoms with Crippen LogP contribution in [0.15, 0.2) is 47.1 Å². The maximum atomic E-state index is 12.5. The molecule has 0 radical (unpaired) electrons. The molecule has 1 unspecified atom stereocenters. The second-order valence-electron chi connectivity index (χ2n) is 13.2. The van der Waals surface area contributed by atoms with Crippen LogP contribution in [0.1, 0.15) is 99.8 Å². The second-order valence-corrected chi connectivity index (χ2v) is 13.2. The van der Waals surface area contributed by atoms with Crippen LogP contribution in [0.25, 0.3) is 0 Å². The van der Waals surface area contributed by atoms with Crippen molar-refractivity contribution in [3.05, 3.63) is 47.1 Å². The third-order valence-electron chi connectivity index (χ3n) is 8.19. The Hall–Kier alpha value is -1.69. The number of allylic oxidation sites excluding steroid dienone is 5. The maximum Gasteiger partial charge on any atom is 0.332 e. The summed E-state index contributed by atoms with van der Waals surface area (Å²) in [4.78, 5) is 12.5. The van der Waals surface area contributed by atoms with Gasteiger partial charge in [0.05, 0.1) is 6.10 Å². The summed E-state index contributed by atoms with van der Waals surface area (Å²) in [6.45, 7) is 18.4. The van der Waals surface area contributed by atoms with Gasteiger partial charge in [0.15, 0.2) is 5.79 Å². The van der Waals surface area contributed by atoms with Gasteiger partial charge in [-0.1, -0.05) is 70.6 Å². The lowest BCUT2D eigenvalue weighted by atomic mass is 9.64. The number of aliphatic hydroxyl groups is 2. The van der Waals surface area contributed by atoms with Crippen LogP contribution in [-0.4, -0.2) is 40.3 Å². The predicted molar refractivity (Wildman–Crippen MR) is 144 cm³/mol. The van der Waals surface area contributed by atoms with Crippen LogP contribution in [0.3, 0.4) is 0 Å². The smallest absolute Gasteiger partial charge is 0.332 e. The molecule has 0 aromatic carbocycles. The fraction of sp³-hybridized carbons (Fsp3) is 0.710. The van der Waals surface area contributed by atoms with E-state index in [4.69, 9.17) is 9.47 Å². The van der Waals surface area contributed by atoms with E-state index in [1.807, 2.05) is 19.9 Å². The molecule has 0 bridgehead atoms. The molecule has 5 heteroatoms.